The van der Waals surface area contributed by atoms with Gasteiger partial charge in [-0.1, -0.05) is 19.1 Å². The number of benzene rings is 1. The van der Waals surface area contributed by atoms with Crippen LogP contribution in [0.4, 0.5) is 24.8 Å². The number of piperazine rings is 1. The average Bonchev–Trinajstić information content (AvgIpc) is 3.26. The number of aldehydes is 1. The van der Waals surface area contributed by atoms with Gasteiger partial charge >= 0.3 is 6.18 Å². The molecule has 0 N–H and O–H groups in total. The molecular weight excluding hydrogens is 437 g/mol. The first kappa shape index (κ1) is 23.0. The minimum absolute atomic E-state index is 0.277. The summed E-state index contributed by atoms with van der Waals surface area (Å²) in [5.41, 5.74) is -1.25. The number of amides is 1. The van der Waals surface area contributed by atoms with Crippen molar-refractivity contribution >= 4 is 23.8 Å². The maximum absolute atomic E-state index is 13.3. The number of likely N-dealkylation sites (N-methyl/N-ethyl adjacent to an activating group) is 1. The fourth-order valence-electron chi connectivity index (χ4n) is 4.32. The Kier molecular flexibility index (Phi) is 6.50. The Hall–Kier alpha value is -3.21. The predicted molar refractivity (Wildman–Crippen MR) is 116 cm³/mol. The van der Waals surface area contributed by atoms with Crippen molar-refractivity contribution in [2.45, 2.75) is 19.3 Å². The van der Waals surface area contributed by atoms with Crippen LogP contribution in [0.15, 0.2) is 36.4 Å². The minimum Gasteiger partial charge on any atom is -0.352 e. The molecule has 2 saturated heterocycles. The molecule has 33 heavy (non-hydrogen) atoms. The monoisotopic (exact) mass is 462 g/mol. The predicted octanol–water partition coefficient (Wildman–Crippen LogP) is 2.12. The van der Waals surface area contributed by atoms with E-state index in [1.807, 2.05) is 28.9 Å². The number of rotatable bonds is 5. The van der Waals surface area contributed by atoms with Crippen molar-refractivity contribution in [2.24, 2.45) is 0 Å². The summed E-state index contributed by atoms with van der Waals surface area (Å²) in [7, 11) is 0. The molecule has 0 saturated carbocycles. The van der Waals surface area contributed by atoms with E-state index in [1.54, 1.807) is 0 Å². The van der Waals surface area contributed by atoms with Crippen LogP contribution in [-0.2, 0) is 11.0 Å². The zero-order valence-corrected chi connectivity index (χ0v) is 18.2. The number of anilines is 2. The van der Waals surface area contributed by atoms with Crippen molar-refractivity contribution in [1.82, 2.24) is 20.0 Å². The van der Waals surface area contributed by atoms with Crippen molar-refractivity contribution in [3.8, 4) is 0 Å². The molecule has 8 nitrogen and oxygen atoms in total. The van der Waals surface area contributed by atoms with Crippen LogP contribution in [0.5, 0.6) is 0 Å². The fourth-order valence-corrected chi connectivity index (χ4v) is 4.32. The van der Waals surface area contributed by atoms with E-state index in [0.717, 1.165) is 25.4 Å². The van der Waals surface area contributed by atoms with E-state index in [1.165, 1.54) is 23.1 Å². The Labute approximate surface area is 189 Å². The molecular formula is C22H25F3N6O2. The molecule has 1 aromatic heterocycles. The Morgan fingerprint density at radius 2 is 1.67 bits per heavy atom. The average molecular weight is 462 g/mol. The van der Waals surface area contributed by atoms with E-state index < -0.39 is 17.6 Å². The molecule has 176 valence electrons. The molecule has 2 aliphatic heterocycles. The third-order valence-corrected chi connectivity index (χ3v) is 6.13. The lowest BCUT2D eigenvalue weighted by atomic mass is 10.1. The molecule has 2 fully saturated rings. The molecule has 11 heteroatoms. The van der Waals surface area contributed by atoms with Crippen LogP contribution >= 0.6 is 0 Å². The van der Waals surface area contributed by atoms with Gasteiger partial charge in [0, 0.05) is 39.3 Å². The third-order valence-electron chi connectivity index (χ3n) is 6.13. The summed E-state index contributed by atoms with van der Waals surface area (Å²) in [6, 6.07) is 8.48. The number of halogens is 3. The molecule has 4 rings (SSSR count). The summed E-state index contributed by atoms with van der Waals surface area (Å²) < 4.78 is 39.8. The van der Waals surface area contributed by atoms with E-state index in [-0.39, 0.29) is 24.8 Å². The summed E-state index contributed by atoms with van der Waals surface area (Å²) in [5.74, 6) is 0.610. The smallest absolute Gasteiger partial charge is 0.352 e. The maximum atomic E-state index is 13.3. The zero-order valence-electron chi connectivity index (χ0n) is 18.2. The number of aromatic nitrogens is 2. The molecule has 3 heterocycles. The molecule has 2 aromatic rings. The van der Waals surface area contributed by atoms with Gasteiger partial charge in [0.15, 0.2) is 17.9 Å². The van der Waals surface area contributed by atoms with Crippen LogP contribution in [0, 0.1) is 0 Å². The van der Waals surface area contributed by atoms with E-state index in [9.17, 15) is 22.8 Å². The highest BCUT2D eigenvalue weighted by Gasteiger charge is 2.36. The summed E-state index contributed by atoms with van der Waals surface area (Å²) in [4.78, 5) is 31.6. The highest BCUT2D eigenvalue weighted by Crippen LogP contribution is 2.32. The maximum Gasteiger partial charge on any atom is 0.417 e. The van der Waals surface area contributed by atoms with Crippen LogP contribution in [0.2, 0.25) is 0 Å². The third kappa shape index (κ3) is 4.63. The molecule has 1 amide bonds. The lowest BCUT2D eigenvalue weighted by Crippen LogP contribution is -2.49. The molecule has 1 aromatic carbocycles. The van der Waals surface area contributed by atoms with Gasteiger partial charge in [-0.15, -0.1) is 10.2 Å². The number of alkyl halides is 3. The quantitative estimate of drug-likeness (QED) is 0.631. The van der Waals surface area contributed by atoms with Gasteiger partial charge in [-0.2, -0.15) is 13.2 Å². The zero-order chi connectivity index (χ0) is 23.6. The van der Waals surface area contributed by atoms with Gasteiger partial charge in [0.1, 0.15) is 6.17 Å². The first-order chi connectivity index (χ1) is 15.8. The van der Waals surface area contributed by atoms with Crippen LogP contribution < -0.4 is 9.80 Å². The largest absolute Gasteiger partial charge is 0.417 e. The Morgan fingerprint density at radius 3 is 2.27 bits per heavy atom. The normalized spacial score (nSPS) is 19.8. The van der Waals surface area contributed by atoms with Gasteiger partial charge in [0.05, 0.1) is 11.1 Å². The van der Waals surface area contributed by atoms with Gasteiger partial charge in [0.25, 0.3) is 5.91 Å². The summed E-state index contributed by atoms with van der Waals surface area (Å²) in [5, 5.41) is 8.57. The summed E-state index contributed by atoms with van der Waals surface area (Å²) in [6.45, 7) is 5.64. The van der Waals surface area contributed by atoms with Gasteiger partial charge in [-0.3, -0.25) is 14.5 Å². The fraction of sp³-hybridized carbons (Fsp3) is 0.455. The topological polar surface area (TPSA) is 72.9 Å². The van der Waals surface area contributed by atoms with E-state index >= 15 is 0 Å². The number of hydrogen-bond acceptors (Lipinski definition) is 7. The van der Waals surface area contributed by atoms with Gasteiger partial charge in [-0.25, -0.2) is 0 Å². The van der Waals surface area contributed by atoms with Crippen molar-refractivity contribution in [1.29, 1.82) is 0 Å². The minimum atomic E-state index is -4.59. The van der Waals surface area contributed by atoms with Crippen LogP contribution in [-0.4, -0.2) is 84.2 Å². The Bertz CT molecular complexity index is 992. The number of nitrogens with zero attached hydrogens (tertiary/aromatic N) is 6. The van der Waals surface area contributed by atoms with Crippen molar-refractivity contribution < 1.29 is 22.8 Å². The van der Waals surface area contributed by atoms with Crippen LogP contribution in [0.3, 0.4) is 0 Å². The molecule has 0 radical (unpaired) electrons. The second-order valence-corrected chi connectivity index (χ2v) is 7.94. The standard InChI is InChI=1S/C22H25F3N6O2/c1-2-28-13-14-31(20(28)15-32)19-8-7-18(26-27-19)29-9-11-30(12-10-29)21(33)16-5-3-4-6-17(16)22(23,24)25/h3-8,15,20H,2,9-14H2,1H3. The molecule has 0 aliphatic carbocycles. The van der Waals surface area contributed by atoms with Gasteiger partial charge in [-0.05, 0) is 30.8 Å². The molecule has 1 atom stereocenters. The first-order valence-corrected chi connectivity index (χ1v) is 10.8. The highest BCUT2D eigenvalue weighted by molar-refractivity contribution is 5.96. The second-order valence-electron chi connectivity index (χ2n) is 7.94. The number of carbonyl (C=O) groups excluding carboxylic acids is 2. The number of hydrogen-bond donors (Lipinski definition) is 0. The van der Waals surface area contributed by atoms with Gasteiger partial charge in [0.2, 0.25) is 0 Å². The lowest BCUT2D eigenvalue weighted by molar-refractivity contribution is -0.138. The molecule has 1 unspecified atom stereocenters. The number of carbonyl (C=O) groups is 2. The van der Waals surface area contributed by atoms with E-state index in [2.05, 4.69) is 15.1 Å². The van der Waals surface area contributed by atoms with Crippen molar-refractivity contribution in [3.63, 3.8) is 0 Å². The highest BCUT2D eigenvalue weighted by atomic mass is 19.4. The Balaban J connectivity index is 1.40. The molecule has 0 spiro atoms. The Morgan fingerprint density at radius 1 is 1.00 bits per heavy atom. The second kappa shape index (κ2) is 9.34. The van der Waals surface area contributed by atoms with Crippen LogP contribution in [0.1, 0.15) is 22.8 Å². The van der Waals surface area contributed by atoms with Crippen molar-refractivity contribution in [3.05, 3.63) is 47.5 Å². The van der Waals surface area contributed by atoms with Gasteiger partial charge < -0.3 is 14.7 Å². The molecule has 0 bridgehead atoms. The van der Waals surface area contributed by atoms with E-state index in [0.29, 0.717) is 31.3 Å². The van der Waals surface area contributed by atoms with E-state index in [4.69, 9.17) is 0 Å². The van der Waals surface area contributed by atoms with Crippen LogP contribution in [0.25, 0.3) is 0 Å². The summed E-state index contributed by atoms with van der Waals surface area (Å²) in [6.07, 6.45) is -4.04. The lowest BCUT2D eigenvalue weighted by Gasteiger charge is -2.35. The van der Waals surface area contributed by atoms with Crippen molar-refractivity contribution in [2.75, 3.05) is 55.6 Å². The molecule has 2 aliphatic rings. The first-order valence-electron chi connectivity index (χ1n) is 10.8. The SMILES string of the molecule is CCN1CCN(c2ccc(N3CCN(C(=O)c4ccccc4C(F)(F)F)CC3)nn2)C1C=O. The summed E-state index contributed by atoms with van der Waals surface area (Å²) >= 11 is 0.